The van der Waals surface area contributed by atoms with E-state index in [0.717, 1.165) is 37.5 Å². The third kappa shape index (κ3) is 3.66. The summed E-state index contributed by atoms with van der Waals surface area (Å²) in [5.41, 5.74) is 0. The van der Waals surface area contributed by atoms with Crippen LogP contribution in [0.5, 0.6) is 0 Å². The average molecular weight is 314 g/mol. The van der Waals surface area contributed by atoms with Gasteiger partial charge in [0.05, 0.1) is 12.2 Å². The normalized spacial score (nSPS) is 49.6. The summed E-state index contributed by atoms with van der Waals surface area (Å²) in [5.74, 6) is 1.81. The van der Waals surface area contributed by atoms with Gasteiger partial charge in [0.1, 0.15) is 6.17 Å². The quantitative estimate of drug-likeness (QED) is 0.671. The molecule has 0 aromatic heterocycles. The number of hydrogen-bond donors (Lipinski definition) is 0. The molecule has 2 aliphatic carbocycles. The van der Waals surface area contributed by atoms with Crippen LogP contribution in [0, 0.1) is 23.7 Å². The molecule has 3 rings (SSSR count). The first-order valence-electron chi connectivity index (χ1n) is 9.48. The van der Waals surface area contributed by atoms with Gasteiger partial charge in [-0.05, 0) is 55.8 Å². The van der Waals surface area contributed by atoms with Crippen molar-refractivity contribution in [2.45, 2.75) is 96.2 Å². The van der Waals surface area contributed by atoms with Crippen molar-refractivity contribution in [2.24, 2.45) is 23.7 Å². The minimum Gasteiger partial charge on any atom is -0.372 e. The predicted molar refractivity (Wildman–Crippen MR) is 85.3 cm³/mol. The lowest BCUT2D eigenvalue weighted by Gasteiger charge is -2.45. The Labute approximate surface area is 134 Å². The molecule has 3 heteroatoms. The molecular formula is C19H32F2O. The molecule has 0 bridgehead atoms. The van der Waals surface area contributed by atoms with E-state index in [0.29, 0.717) is 0 Å². The molecule has 0 aromatic rings. The van der Waals surface area contributed by atoms with Crippen LogP contribution in [0.15, 0.2) is 0 Å². The lowest BCUT2D eigenvalue weighted by molar-refractivity contribution is -0.161. The van der Waals surface area contributed by atoms with Crippen molar-refractivity contribution in [3.8, 4) is 0 Å². The number of alkyl halides is 2. The van der Waals surface area contributed by atoms with E-state index in [1.54, 1.807) is 0 Å². The SMILES string of the molecule is CC1CCC(CCC2CCC3CC(C)C(F)C(F)C3O2)CC1. The van der Waals surface area contributed by atoms with Crippen LogP contribution >= 0.6 is 0 Å². The number of hydrogen-bond acceptors (Lipinski definition) is 1. The summed E-state index contributed by atoms with van der Waals surface area (Å²) in [6.45, 7) is 4.18. The van der Waals surface area contributed by atoms with Gasteiger partial charge in [0.15, 0.2) is 6.17 Å². The Morgan fingerprint density at radius 3 is 2.32 bits per heavy atom. The zero-order valence-electron chi connectivity index (χ0n) is 14.1. The highest BCUT2D eigenvalue weighted by Gasteiger charge is 2.47. The summed E-state index contributed by atoms with van der Waals surface area (Å²) < 4.78 is 34.2. The van der Waals surface area contributed by atoms with Crippen LogP contribution in [0.2, 0.25) is 0 Å². The molecule has 3 fully saturated rings. The summed E-state index contributed by atoms with van der Waals surface area (Å²) in [4.78, 5) is 0. The smallest absolute Gasteiger partial charge is 0.158 e. The molecule has 1 aliphatic heterocycles. The van der Waals surface area contributed by atoms with Crippen molar-refractivity contribution in [1.29, 1.82) is 0 Å². The third-order valence-electron chi connectivity index (χ3n) is 6.54. The summed E-state index contributed by atoms with van der Waals surface area (Å²) in [5, 5.41) is 0. The fraction of sp³-hybridized carbons (Fsp3) is 1.00. The highest BCUT2D eigenvalue weighted by molar-refractivity contribution is 4.95. The van der Waals surface area contributed by atoms with Crippen LogP contribution < -0.4 is 0 Å². The van der Waals surface area contributed by atoms with Gasteiger partial charge in [0, 0.05) is 0 Å². The van der Waals surface area contributed by atoms with Gasteiger partial charge >= 0.3 is 0 Å². The molecule has 3 aliphatic rings. The van der Waals surface area contributed by atoms with Crippen LogP contribution in [-0.2, 0) is 4.74 Å². The van der Waals surface area contributed by atoms with Crippen molar-refractivity contribution in [2.75, 3.05) is 0 Å². The van der Waals surface area contributed by atoms with Crippen LogP contribution in [0.4, 0.5) is 8.78 Å². The first kappa shape index (κ1) is 16.7. The molecule has 128 valence electrons. The molecule has 6 unspecified atom stereocenters. The maximum atomic E-state index is 14.3. The Bertz CT molecular complexity index is 351. The van der Waals surface area contributed by atoms with Crippen molar-refractivity contribution in [1.82, 2.24) is 0 Å². The number of halogens is 2. The van der Waals surface area contributed by atoms with E-state index in [9.17, 15) is 8.78 Å². The number of ether oxygens (including phenoxy) is 1. The molecule has 1 nitrogen and oxygen atoms in total. The van der Waals surface area contributed by atoms with E-state index < -0.39 is 18.4 Å². The van der Waals surface area contributed by atoms with Crippen molar-refractivity contribution >= 4 is 0 Å². The van der Waals surface area contributed by atoms with E-state index in [4.69, 9.17) is 4.74 Å². The molecule has 1 saturated heterocycles. The van der Waals surface area contributed by atoms with Gasteiger partial charge in [0.25, 0.3) is 0 Å². The fourth-order valence-electron chi connectivity index (χ4n) is 4.91. The Balaban J connectivity index is 1.47. The van der Waals surface area contributed by atoms with Crippen molar-refractivity contribution in [3.05, 3.63) is 0 Å². The van der Waals surface area contributed by atoms with Gasteiger partial charge in [-0.2, -0.15) is 0 Å². The van der Waals surface area contributed by atoms with Crippen LogP contribution in [0.1, 0.15) is 71.6 Å². The average Bonchev–Trinajstić information content (AvgIpc) is 2.52. The topological polar surface area (TPSA) is 9.23 Å². The van der Waals surface area contributed by atoms with Gasteiger partial charge < -0.3 is 4.74 Å². The van der Waals surface area contributed by atoms with Crippen LogP contribution in [0.3, 0.4) is 0 Å². The summed E-state index contributed by atoms with van der Waals surface area (Å²) in [6, 6.07) is 0. The molecule has 22 heavy (non-hydrogen) atoms. The molecule has 0 radical (unpaired) electrons. The molecule has 0 aromatic carbocycles. The first-order valence-corrected chi connectivity index (χ1v) is 9.48. The van der Waals surface area contributed by atoms with Crippen LogP contribution in [-0.4, -0.2) is 24.6 Å². The first-order chi connectivity index (χ1) is 10.5. The Morgan fingerprint density at radius 1 is 0.864 bits per heavy atom. The standard InChI is InChI=1S/C19H32F2O/c1-12-3-5-14(6-4-12)7-9-16-10-8-15-11-13(2)17(20)18(21)19(15)22-16/h12-19H,3-11H2,1-2H3. The van der Waals surface area contributed by atoms with Gasteiger partial charge in [-0.3, -0.25) is 0 Å². The minimum absolute atomic E-state index is 0.152. The van der Waals surface area contributed by atoms with Gasteiger partial charge in [-0.1, -0.05) is 39.5 Å². The Hall–Kier alpha value is -0.180. The van der Waals surface area contributed by atoms with E-state index in [1.807, 2.05) is 6.92 Å². The third-order valence-corrected chi connectivity index (χ3v) is 6.54. The Kier molecular flexibility index (Phi) is 5.42. The minimum atomic E-state index is -1.41. The number of fused-ring (bicyclic) bond motifs is 1. The lowest BCUT2D eigenvalue weighted by atomic mass is 9.73. The van der Waals surface area contributed by atoms with Gasteiger partial charge in [-0.25, -0.2) is 8.78 Å². The zero-order valence-corrected chi connectivity index (χ0v) is 14.1. The molecule has 0 amide bonds. The predicted octanol–water partition coefficient (Wildman–Crippen LogP) is 5.47. The molecule has 0 spiro atoms. The Morgan fingerprint density at radius 2 is 1.59 bits per heavy atom. The summed E-state index contributed by atoms with van der Waals surface area (Å²) in [6.07, 6.45) is 7.45. The van der Waals surface area contributed by atoms with E-state index in [1.165, 1.54) is 32.1 Å². The maximum absolute atomic E-state index is 14.3. The maximum Gasteiger partial charge on any atom is 0.158 e. The lowest BCUT2D eigenvalue weighted by Crippen LogP contribution is -2.51. The zero-order chi connectivity index (χ0) is 15.7. The fourth-order valence-corrected chi connectivity index (χ4v) is 4.91. The summed E-state index contributed by atoms with van der Waals surface area (Å²) >= 11 is 0. The molecule has 6 atom stereocenters. The van der Waals surface area contributed by atoms with E-state index >= 15 is 0 Å². The van der Waals surface area contributed by atoms with E-state index in [2.05, 4.69) is 6.92 Å². The second-order valence-corrected chi connectivity index (χ2v) is 8.37. The van der Waals surface area contributed by atoms with Crippen molar-refractivity contribution < 1.29 is 13.5 Å². The number of rotatable bonds is 3. The molecule has 1 heterocycles. The van der Waals surface area contributed by atoms with Crippen LogP contribution in [0.25, 0.3) is 0 Å². The summed E-state index contributed by atoms with van der Waals surface area (Å²) in [7, 11) is 0. The second kappa shape index (κ2) is 7.15. The molecular weight excluding hydrogens is 282 g/mol. The van der Waals surface area contributed by atoms with Crippen molar-refractivity contribution in [3.63, 3.8) is 0 Å². The molecule has 0 N–H and O–H groups in total. The monoisotopic (exact) mass is 314 g/mol. The van der Waals surface area contributed by atoms with Gasteiger partial charge in [0.2, 0.25) is 0 Å². The largest absolute Gasteiger partial charge is 0.372 e. The molecule has 2 saturated carbocycles. The van der Waals surface area contributed by atoms with Gasteiger partial charge in [-0.15, -0.1) is 0 Å². The highest BCUT2D eigenvalue weighted by atomic mass is 19.2. The highest BCUT2D eigenvalue weighted by Crippen LogP contribution is 2.42. The van der Waals surface area contributed by atoms with E-state index in [-0.39, 0.29) is 17.9 Å². The second-order valence-electron chi connectivity index (χ2n) is 8.37.